The molecular formula is C11H17N3O4S. The predicted octanol–water partition coefficient (Wildman–Crippen LogP) is 0.822. The van der Waals surface area contributed by atoms with Crippen LogP contribution in [0.15, 0.2) is 11.7 Å². The number of methoxy groups -OCH3 is 1. The summed E-state index contributed by atoms with van der Waals surface area (Å²) in [6, 6.07) is -1.41. The third-order valence-electron chi connectivity index (χ3n) is 2.35. The molecule has 106 valence electrons. The number of aromatic nitrogens is 1. The van der Waals surface area contributed by atoms with E-state index in [4.69, 9.17) is 9.84 Å². The molecule has 7 nitrogen and oxygen atoms in total. The van der Waals surface area contributed by atoms with Crippen LogP contribution in [0.4, 0.5) is 4.79 Å². The van der Waals surface area contributed by atoms with E-state index < -0.39 is 18.0 Å². The Morgan fingerprint density at radius 3 is 2.95 bits per heavy atom. The highest BCUT2D eigenvalue weighted by atomic mass is 32.1. The van der Waals surface area contributed by atoms with E-state index >= 15 is 0 Å². The van der Waals surface area contributed by atoms with Crippen LogP contribution in [0.2, 0.25) is 0 Å². The third-order valence-corrected chi connectivity index (χ3v) is 3.13. The van der Waals surface area contributed by atoms with E-state index in [0.29, 0.717) is 26.0 Å². The molecule has 0 saturated carbocycles. The number of amides is 2. The fourth-order valence-electron chi connectivity index (χ4n) is 1.40. The van der Waals surface area contributed by atoms with Gasteiger partial charge in [0.25, 0.3) is 0 Å². The van der Waals surface area contributed by atoms with Crippen LogP contribution in [0.1, 0.15) is 17.7 Å². The minimum atomic E-state index is -1.05. The Hall–Kier alpha value is -1.67. The van der Waals surface area contributed by atoms with Gasteiger partial charge in [0.1, 0.15) is 6.04 Å². The van der Waals surface area contributed by atoms with Gasteiger partial charge in [0.2, 0.25) is 0 Å². The highest BCUT2D eigenvalue weighted by molar-refractivity contribution is 7.09. The Morgan fingerprint density at radius 2 is 2.37 bits per heavy atom. The Labute approximate surface area is 115 Å². The molecule has 8 heteroatoms. The molecule has 19 heavy (non-hydrogen) atoms. The Balaban J connectivity index is 2.32. The SMILES string of the molecule is COCCCC(NC(=O)NCc1cncs1)C(=O)O. The summed E-state index contributed by atoms with van der Waals surface area (Å²) in [5, 5.41) is 14.0. The van der Waals surface area contributed by atoms with Crippen molar-refractivity contribution in [1.29, 1.82) is 0 Å². The maximum absolute atomic E-state index is 11.6. The fourth-order valence-corrected chi connectivity index (χ4v) is 1.93. The van der Waals surface area contributed by atoms with Crippen LogP contribution >= 0.6 is 11.3 Å². The zero-order valence-electron chi connectivity index (χ0n) is 10.6. The van der Waals surface area contributed by atoms with Crippen LogP contribution in [0.25, 0.3) is 0 Å². The molecule has 1 aromatic heterocycles. The standard InChI is InChI=1S/C11H17N3O4S/c1-18-4-2-3-9(10(15)16)14-11(17)13-6-8-5-12-7-19-8/h5,7,9H,2-4,6H2,1H3,(H,15,16)(H2,13,14,17). The van der Waals surface area contributed by atoms with Gasteiger partial charge in [-0.3, -0.25) is 4.98 Å². The van der Waals surface area contributed by atoms with E-state index in [0.717, 1.165) is 4.88 Å². The summed E-state index contributed by atoms with van der Waals surface area (Å²) in [6.45, 7) is 0.800. The number of carboxylic acids is 1. The first-order valence-corrected chi connectivity index (χ1v) is 6.65. The van der Waals surface area contributed by atoms with Crippen LogP contribution in [-0.4, -0.2) is 41.8 Å². The summed E-state index contributed by atoms with van der Waals surface area (Å²) in [7, 11) is 1.55. The molecule has 1 unspecified atom stereocenters. The molecule has 1 heterocycles. The first kappa shape index (κ1) is 15.4. The topological polar surface area (TPSA) is 101 Å². The van der Waals surface area contributed by atoms with Crippen LogP contribution in [0.5, 0.6) is 0 Å². The van der Waals surface area contributed by atoms with Gasteiger partial charge >= 0.3 is 12.0 Å². The minimum Gasteiger partial charge on any atom is -0.480 e. The maximum Gasteiger partial charge on any atom is 0.326 e. The summed E-state index contributed by atoms with van der Waals surface area (Å²) in [5.74, 6) is -1.05. The van der Waals surface area contributed by atoms with Crippen LogP contribution in [0.3, 0.4) is 0 Å². The molecular weight excluding hydrogens is 270 g/mol. The molecule has 0 radical (unpaired) electrons. The number of ether oxygens (including phenoxy) is 1. The quantitative estimate of drug-likeness (QED) is 0.615. The van der Waals surface area contributed by atoms with Gasteiger partial charge < -0.3 is 20.5 Å². The minimum absolute atomic E-state index is 0.331. The van der Waals surface area contributed by atoms with Crippen molar-refractivity contribution < 1.29 is 19.4 Å². The highest BCUT2D eigenvalue weighted by Gasteiger charge is 2.19. The highest BCUT2D eigenvalue weighted by Crippen LogP contribution is 2.04. The van der Waals surface area contributed by atoms with Gasteiger partial charge in [-0.2, -0.15) is 0 Å². The van der Waals surface area contributed by atoms with Crippen LogP contribution in [-0.2, 0) is 16.1 Å². The second-order valence-corrected chi connectivity index (χ2v) is 4.79. The number of hydrogen-bond donors (Lipinski definition) is 3. The molecule has 0 aliphatic carbocycles. The van der Waals surface area contributed by atoms with E-state index in [-0.39, 0.29) is 0 Å². The van der Waals surface area contributed by atoms with Crippen molar-refractivity contribution in [3.63, 3.8) is 0 Å². The van der Waals surface area contributed by atoms with E-state index in [2.05, 4.69) is 15.6 Å². The van der Waals surface area contributed by atoms with Crippen molar-refractivity contribution in [2.75, 3.05) is 13.7 Å². The normalized spacial score (nSPS) is 11.8. The molecule has 0 bridgehead atoms. The summed E-state index contributed by atoms with van der Waals surface area (Å²) >= 11 is 1.42. The predicted molar refractivity (Wildman–Crippen MR) is 70.0 cm³/mol. The molecule has 0 aromatic carbocycles. The Bertz CT molecular complexity index is 397. The summed E-state index contributed by atoms with van der Waals surface area (Å²) in [5.41, 5.74) is 1.67. The van der Waals surface area contributed by atoms with Gasteiger partial charge in [0.15, 0.2) is 0 Å². The lowest BCUT2D eigenvalue weighted by Gasteiger charge is -2.14. The van der Waals surface area contributed by atoms with Crippen molar-refractivity contribution in [2.45, 2.75) is 25.4 Å². The van der Waals surface area contributed by atoms with Gasteiger partial charge in [0, 0.05) is 24.8 Å². The third kappa shape index (κ3) is 6.16. The zero-order chi connectivity index (χ0) is 14.1. The monoisotopic (exact) mass is 287 g/mol. The number of carbonyl (C=O) groups is 2. The molecule has 1 atom stereocenters. The first-order valence-electron chi connectivity index (χ1n) is 5.77. The van der Waals surface area contributed by atoms with Crippen molar-refractivity contribution in [3.8, 4) is 0 Å². The van der Waals surface area contributed by atoms with Gasteiger partial charge in [-0.15, -0.1) is 11.3 Å². The van der Waals surface area contributed by atoms with Crippen LogP contribution in [0, 0.1) is 0 Å². The molecule has 0 spiro atoms. The summed E-state index contributed by atoms with van der Waals surface area (Å²) in [6.07, 6.45) is 2.55. The van der Waals surface area contributed by atoms with E-state index in [9.17, 15) is 9.59 Å². The second-order valence-electron chi connectivity index (χ2n) is 3.82. The number of rotatable bonds is 8. The molecule has 1 rings (SSSR count). The van der Waals surface area contributed by atoms with Crippen molar-refractivity contribution >= 4 is 23.3 Å². The molecule has 0 aliphatic rings. The molecule has 3 N–H and O–H groups in total. The fraction of sp³-hybridized carbons (Fsp3) is 0.545. The average molecular weight is 287 g/mol. The van der Waals surface area contributed by atoms with E-state index in [1.165, 1.54) is 11.3 Å². The second kappa shape index (κ2) is 8.44. The van der Waals surface area contributed by atoms with E-state index in [1.807, 2.05) is 0 Å². The molecule has 1 aromatic rings. The number of nitrogens with one attached hydrogen (secondary N) is 2. The summed E-state index contributed by atoms with van der Waals surface area (Å²) < 4.78 is 4.85. The number of hydrogen-bond acceptors (Lipinski definition) is 5. The van der Waals surface area contributed by atoms with Crippen LogP contribution < -0.4 is 10.6 Å². The first-order chi connectivity index (χ1) is 9.13. The molecule has 0 aliphatic heterocycles. The summed E-state index contributed by atoms with van der Waals surface area (Å²) in [4.78, 5) is 27.3. The maximum atomic E-state index is 11.6. The number of carboxylic acid groups (broad SMARTS) is 1. The number of carbonyl (C=O) groups excluding carboxylic acids is 1. The van der Waals surface area contributed by atoms with Gasteiger partial charge in [-0.25, -0.2) is 9.59 Å². The van der Waals surface area contributed by atoms with Crippen molar-refractivity contribution in [1.82, 2.24) is 15.6 Å². The van der Waals surface area contributed by atoms with Crippen molar-refractivity contribution in [3.05, 3.63) is 16.6 Å². The number of aliphatic carboxylic acids is 1. The lowest BCUT2D eigenvalue weighted by Crippen LogP contribution is -2.45. The Morgan fingerprint density at radius 1 is 1.58 bits per heavy atom. The number of thiazole rings is 1. The smallest absolute Gasteiger partial charge is 0.326 e. The van der Waals surface area contributed by atoms with Gasteiger partial charge in [0.05, 0.1) is 12.1 Å². The van der Waals surface area contributed by atoms with Gasteiger partial charge in [-0.1, -0.05) is 0 Å². The molecule has 0 fully saturated rings. The van der Waals surface area contributed by atoms with Crippen molar-refractivity contribution in [2.24, 2.45) is 0 Å². The lowest BCUT2D eigenvalue weighted by molar-refractivity contribution is -0.139. The zero-order valence-corrected chi connectivity index (χ0v) is 11.4. The Kier molecular flexibility index (Phi) is 6.83. The molecule has 2 amide bonds. The largest absolute Gasteiger partial charge is 0.480 e. The number of nitrogens with zero attached hydrogens (tertiary/aromatic N) is 1. The number of urea groups is 1. The molecule has 0 saturated heterocycles. The lowest BCUT2D eigenvalue weighted by atomic mass is 10.1. The van der Waals surface area contributed by atoms with E-state index in [1.54, 1.807) is 18.8 Å². The van der Waals surface area contributed by atoms with Gasteiger partial charge in [-0.05, 0) is 12.8 Å². The average Bonchev–Trinajstić information content (AvgIpc) is 2.88.